The molecule has 1 aromatic carbocycles. The molecule has 0 atom stereocenters. The molecule has 9 heteroatoms. The average molecular weight is 395 g/mol. The average Bonchev–Trinajstić information content (AvgIpc) is 3.23. The zero-order chi connectivity index (χ0) is 20.6. The Balaban J connectivity index is 1.56. The highest BCUT2D eigenvalue weighted by atomic mass is 16.3. The maximum absolute atomic E-state index is 12.4. The molecule has 2 heterocycles. The molecule has 9 nitrogen and oxygen atoms in total. The van der Waals surface area contributed by atoms with Crippen LogP contribution in [0.4, 0.5) is 16.2 Å². The highest BCUT2D eigenvalue weighted by Crippen LogP contribution is 2.14. The number of hydrogen-bond acceptors (Lipinski definition) is 5. The first-order valence-electron chi connectivity index (χ1n) is 9.12. The molecule has 0 saturated carbocycles. The smallest absolute Gasteiger partial charge is 0.319 e. The molecule has 2 aromatic heterocycles. The van der Waals surface area contributed by atoms with E-state index in [0.29, 0.717) is 23.7 Å². The quantitative estimate of drug-likeness (QED) is 0.568. The lowest BCUT2D eigenvalue weighted by atomic mass is 10.2. The molecular weight excluding hydrogens is 374 g/mol. The topological polar surface area (TPSA) is 118 Å². The Kier molecular flexibility index (Phi) is 6.41. The second-order valence-corrected chi connectivity index (χ2v) is 6.20. The number of aryl methyl sites for hydroxylation is 1. The van der Waals surface area contributed by atoms with Gasteiger partial charge in [0.05, 0.1) is 12.8 Å². The van der Waals surface area contributed by atoms with Crippen molar-refractivity contribution < 1.29 is 14.0 Å². The van der Waals surface area contributed by atoms with Crippen LogP contribution in [0.3, 0.4) is 0 Å². The first-order valence-corrected chi connectivity index (χ1v) is 9.12. The fraction of sp³-hybridized carbons (Fsp3) is 0.200. The molecule has 0 unspecified atom stereocenters. The van der Waals surface area contributed by atoms with Crippen LogP contribution in [0.15, 0.2) is 64.0 Å². The third-order valence-corrected chi connectivity index (χ3v) is 3.94. The lowest BCUT2D eigenvalue weighted by molar-refractivity contribution is 0.101. The number of anilines is 2. The third-order valence-electron chi connectivity index (χ3n) is 3.94. The predicted octanol–water partition coefficient (Wildman–Crippen LogP) is 2.82. The Morgan fingerprint density at radius 2 is 1.76 bits per heavy atom. The van der Waals surface area contributed by atoms with Gasteiger partial charge in [0.1, 0.15) is 11.5 Å². The fourth-order valence-electron chi connectivity index (χ4n) is 2.53. The van der Waals surface area contributed by atoms with Crippen molar-refractivity contribution in [2.24, 2.45) is 0 Å². The van der Waals surface area contributed by atoms with Crippen LogP contribution in [0.2, 0.25) is 0 Å². The number of aromatic nitrogens is 2. The molecule has 0 aliphatic carbocycles. The Hall–Kier alpha value is -3.88. The number of urea groups is 1. The van der Waals surface area contributed by atoms with Crippen molar-refractivity contribution in [1.29, 1.82) is 0 Å². The van der Waals surface area contributed by atoms with Crippen molar-refractivity contribution in [2.45, 2.75) is 26.4 Å². The van der Waals surface area contributed by atoms with Crippen molar-refractivity contribution in [1.82, 2.24) is 15.1 Å². The first kappa shape index (κ1) is 19.9. The van der Waals surface area contributed by atoms with Gasteiger partial charge >= 0.3 is 6.03 Å². The summed E-state index contributed by atoms with van der Waals surface area (Å²) in [4.78, 5) is 36.0. The molecule has 0 aliphatic heterocycles. The zero-order valence-corrected chi connectivity index (χ0v) is 15.8. The number of nitrogens with one attached hydrogen (secondary N) is 3. The van der Waals surface area contributed by atoms with Crippen LogP contribution in [0.5, 0.6) is 0 Å². The van der Waals surface area contributed by atoms with E-state index in [0.717, 1.165) is 6.42 Å². The Bertz CT molecular complexity index is 1030. The van der Waals surface area contributed by atoms with Crippen LogP contribution >= 0.6 is 0 Å². The summed E-state index contributed by atoms with van der Waals surface area (Å²) in [6.07, 6.45) is 2.28. The van der Waals surface area contributed by atoms with Gasteiger partial charge in [-0.15, -0.1) is 0 Å². The number of rotatable bonds is 7. The summed E-state index contributed by atoms with van der Waals surface area (Å²) in [7, 11) is 0. The number of amides is 3. The van der Waals surface area contributed by atoms with Gasteiger partial charge in [0.25, 0.3) is 11.5 Å². The lowest BCUT2D eigenvalue weighted by Crippen LogP contribution is -2.28. The second kappa shape index (κ2) is 9.36. The molecule has 0 aliphatic rings. The van der Waals surface area contributed by atoms with Crippen molar-refractivity contribution >= 4 is 23.3 Å². The van der Waals surface area contributed by atoms with Crippen molar-refractivity contribution in [3.05, 3.63) is 76.6 Å². The summed E-state index contributed by atoms with van der Waals surface area (Å²) < 4.78 is 6.41. The van der Waals surface area contributed by atoms with Gasteiger partial charge in [-0.05, 0) is 48.9 Å². The van der Waals surface area contributed by atoms with E-state index >= 15 is 0 Å². The zero-order valence-electron chi connectivity index (χ0n) is 15.8. The van der Waals surface area contributed by atoms with E-state index in [1.165, 1.54) is 23.1 Å². The van der Waals surface area contributed by atoms with Crippen molar-refractivity contribution in [2.75, 3.05) is 10.6 Å². The van der Waals surface area contributed by atoms with Gasteiger partial charge in [0.2, 0.25) is 0 Å². The maximum atomic E-state index is 12.4. The summed E-state index contributed by atoms with van der Waals surface area (Å²) in [5, 5.41) is 12.2. The van der Waals surface area contributed by atoms with Gasteiger partial charge in [-0.2, -0.15) is 5.10 Å². The molecule has 0 fully saturated rings. The Labute approximate surface area is 166 Å². The van der Waals surface area contributed by atoms with E-state index in [1.807, 2.05) is 6.92 Å². The monoisotopic (exact) mass is 395 g/mol. The van der Waals surface area contributed by atoms with Gasteiger partial charge in [-0.25, -0.2) is 9.48 Å². The van der Waals surface area contributed by atoms with E-state index in [9.17, 15) is 14.4 Å². The summed E-state index contributed by atoms with van der Waals surface area (Å²) in [6.45, 7) is 2.65. The molecule has 3 amide bonds. The summed E-state index contributed by atoms with van der Waals surface area (Å²) >= 11 is 0. The number of carbonyl (C=O) groups is 2. The van der Waals surface area contributed by atoms with Crippen molar-refractivity contribution in [3.8, 4) is 0 Å². The Morgan fingerprint density at radius 1 is 1.03 bits per heavy atom. The lowest BCUT2D eigenvalue weighted by Gasteiger charge is -2.09. The van der Waals surface area contributed by atoms with E-state index in [4.69, 9.17) is 4.42 Å². The number of hydrogen-bond donors (Lipinski definition) is 3. The van der Waals surface area contributed by atoms with Crippen LogP contribution in [-0.2, 0) is 13.1 Å². The van der Waals surface area contributed by atoms with E-state index in [2.05, 4.69) is 21.0 Å². The minimum Gasteiger partial charge on any atom is -0.467 e. The molecule has 0 spiro atoms. The van der Waals surface area contributed by atoms with Crippen LogP contribution in [0, 0.1) is 0 Å². The number of carbonyl (C=O) groups excluding carboxylic acids is 2. The minimum atomic E-state index is -0.424. The molecule has 0 bridgehead atoms. The SMILES string of the molecule is CCCn1nc(C(=O)Nc2ccc(NC(=O)NCc3ccco3)cc2)ccc1=O. The summed E-state index contributed by atoms with van der Waals surface area (Å²) in [5.74, 6) is 0.226. The molecule has 3 N–H and O–H groups in total. The highest BCUT2D eigenvalue weighted by Gasteiger charge is 2.10. The fourth-order valence-corrected chi connectivity index (χ4v) is 2.53. The molecule has 0 saturated heterocycles. The molecule has 150 valence electrons. The van der Waals surface area contributed by atoms with Crippen LogP contribution in [-0.4, -0.2) is 21.7 Å². The third kappa shape index (κ3) is 5.55. The van der Waals surface area contributed by atoms with Crippen LogP contribution < -0.4 is 21.5 Å². The second-order valence-electron chi connectivity index (χ2n) is 6.20. The largest absolute Gasteiger partial charge is 0.467 e. The van der Waals surface area contributed by atoms with Crippen LogP contribution in [0.25, 0.3) is 0 Å². The van der Waals surface area contributed by atoms with Gasteiger partial charge in [0.15, 0.2) is 0 Å². The standard InChI is InChI=1S/C20H21N5O4/c1-2-11-25-18(26)10-9-17(24-25)19(27)22-14-5-7-15(8-6-14)23-20(28)21-13-16-4-3-12-29-16/h3-10,12H,2,11,13H2,1H3,(H,22,27)(H2,21,23,28). The summed E-state index contributed by atoms with van der Waals surface area (Å²) in [6, 6.07) is 12.5. The number of benzene rings is 1. The molecule has 3 rings (SSSR count). The van der Waals surface area contributed by atoms with Crippen LogP contribution in [0.1, 0.15) is 29.6 Å². The molecule has 3 aromatic rings. The van der Waals surface area contributed by atoms with E-state index < -0.39 is 5.91 Å². The minimum absolute atomic E-state index is 0.151. The predicted molar refractivity (Wildman–Crippen MR) is 108 cm³/mol. The molecular formula is C20H21N5O4. The van der Waals surface area contributed by atoms with Gasteiger partial charge < -0.3 is 20.4 Å². The van der Waals surface area contributed by atoms with E-state index in [-0.39, 0.29) is 23.8 Å². The highest BCUT2D eigenvalue weighted by molar-refractivity contribution is 6.02. The van der Waals surface area contributed by atoms with E-state index in [1.54, 1.807) is 36.4 Å². The molecule has 0 radical (unpaired) electrons. The first-order chi connectivity index (χ1) is 14.0. The summed E-state index contributed by atoms with van der Waals surface area (Å²) in [5.41, 5.74) is 1.00. The molecule has 29 heavy (non-hydrogen) atoms. The number of nitrogens with zero attached hydrogens (tertiary/aromatic N) is 2. The number of furan rings is 1. The maximum Gasteiger partial charge on any atom is 0.319 e. The van der Waals surface area contributed by atoms with Gasteiger partial charge in [0, 0.05) is 24.0 Å². The van der Waals surface area contributed by atoms with Gasteiger partial charge in [-0.3, -0.25) is 9.59 Å². The van der Waals surface area contributed by atoms with Crippen molar-refractivity contribution in [3.63, 3.8) is 0 Å². The Morgan fingerprint density at radius 3 is 2.41 bits per heavy atom. The normalized spacial score (nSPS) is 10.4. The van der Waals surface area contributed by atoms with Gasteiger partial charge in [-0.1, -0.05) is 6.92 Å².